The Kier molecular flexibility index (Phi) is 6.45. The van der Waals surface area contributed by atoms with E-state index in [9.17, 15) is 4.79 Å². The SMILES string of the molecule is CCCOc1nc(Oc2cccc3c2CCC3)nc2oc(-c3cc(C)c(OCC(=O)O)c(C)c3)nc12. The highest BCUT2D eigenvalue weighted by atomic mass is 16.5. The summed E-state index contributed by atoms with van der Waals surface area (Å²) in [7, 11) is 0. The summed E-state index contributed by atoms with van der Waals surface area (Å²) in [5.41, 5.74) is 5.38. The van der Waals surface area contributed by atoms with Crippen molar-refractivity contribution in [3.05, 3.63) is 52.6 Å². The number of aromatic nitrogens is 3. The molecule has 4 aromatic rings. The Balaban J connectivity index is 1.52. The molecule has 9 heteroatoms. The Labute approximate surface area is 208 Å². The molecule has 0 amide bonds. The van der Waals surface area contributed by atoms with Crippen molar-refractivity contribution in [1.29, 1.82) is 0 Å². The zero-order valence-corrected chi connectivity index (χ0v) is 20.5. The van der Waals surface area contributed by atoms with Crippen LogP contribution in [0.25, 0.3) is 22.7 Å². The monoisotopic (exact) mass is 489 g/mol. The van der Waals surface area contributed by atoms with E-state index in [-0.39, 0.29) is 11.7 Å². The van der Waals surface area contributed by atoms with Gasteiger partial charge >= 0.3 is 12.0 Å². The first-order valence-electron chi connectivity index (χ1n) is 12.0. The first-order chi connectivity index (χ1) is 17.4. The van der Waals surface area contributed by atoms with Gasteiger partial charge < -0.3 is 23.7 Å². The fourth-order valence-corrected chi connectivity index (χ4v) is 4.46. The number of hydrogen-bond acceptors (Lipinski definition) is 8. The topological polar surface area (TPSA) is 117 Å². The number of aliphatic carboxylic acids is 1. The number of hydrogen-bond donors (Lipinski definition) is 1. The molecule has 0 spiro atoms. The van der Waals surface area contributed by atoms with Crippen LogP contribution in [0.5, 0.6) is 23.4 Å². The molecular weight excluding hydrogens is 462 g/mol. The second-order valence-electron chi connectivity index (χ2n) is 8.80. The first kappa shape index (κ1) is 23.6. The number of ether oxygens (including phenoxy) is 3. The molecule has 1 aliphatic carbocycles. The number of carboxylic acids is 1. The summed E-state index contributed by atoms with van der Waals surface area (Å²) in [6, 6.07) is 9.84. The number of fused-ring (bicyclic) bond motifs is 2. The van der Waals surface area contributed by atoms with Gasteiger partial charge in [-0.05, 0) is 80.0 Å². The minimum absolute atomic E-state index is 0.140. The molecule has 9 nitrogen and oxygen atoms in total. The van der Waals surface area contributed by atoms with Gasteiger partial charge in [0.15, 0.2) is 12.1 Å². The van der Waals surface area contributed by atoms with Gasteiger partial charge in [-0.2, -0.15) is 9.97 Å². The number of carbonyl (C=O) groups is 1. The Hall–Kier alpha value is -4.14. The Morgan fingerprint density at radius 1 is 1.08 bits per heavy atom. The molecule has 0 atom stereocenters. The summed E-state index contributed by atoms with van der Waals surface area (Å²) in [4.78, 5) is 24.5. The van der Waals surface area contributed by atoms with Crippen LogP contribution in [-0.2, 0) is 17.6 Å². The molecule has 36 heavy (non-hydrogen) atoms. The summed E-state index contributed by atoms with van der Waals surface area (Å²) in [6.07, 6.45) is 3.91. The lowest BCUT2D eigenvalue weighted by atomic mass is 10.1. The van der Waals surface area contributed by atoms with Crippen molar-refractivity contribution in [2.75, 3.05) is 13.2 Å². The third kappa shape index (κ3) is 4.68. The molecule has 1 aliphatic rings. The molecule has 0 saturated heterocycles. The van der Waals surface area contributed by atoms with Crippen LogP contribution in [0.2, 0.25) is 0 Å². The second kappa shape index (κ2) is 9.85. The lowest BCUT2D eigenvalue weighted by molar-refractivity contribution is -0.139. The van der Waals surface area contributed by atoms with Crippen molar-refractivity contribution in [1.82, 2.24) is 15.0 Å². The van der Waals surface area contributed by atoms with Gasteiger partial charge in [-0.25, -0.2) is 9.78 Å². The van der Waals surface area contributed by atoms with Gasteiger partial charge in [-0.3, -0.25) is 0 Å². The average Bonchev–Trinajstić information content (AvgIpc) is 3.49. The lowest BCUT2D eigenvalue weighted by Gasteiger charge is -2.11. The molecule has 0 saturated carbocycles. The third-order valence-electron chi connectivity index (χ3n) is 6.00. The van der Waals surface area contributed by atoms with E-state index < -0.39 is 12.6 Å². The zero-order chi connectivity index (χ0) is 25.2. The number of carboxylic acid groups (broad SMARTS) is 1. The average molecular weight is 490 g/mol. The normalized spacial score (nSPS) is 12.5. The van der Waals surface area contributed by atoms with Crippen LogP contribution in [0.3, 0.4) is 0 Å². The molecule has 0 bridgehead atoms. The van der Waals surface area contributed by atoms with Gasteiger partial charge in [0.05, 0.1) is 6.61 Å². The van der Waals surface area contributed by atoms with Crippen LogP contribution < -0.4 is 14.2 Å². The van der Waals surface area contributed by atoms with E-state index in [0.717, 1.165) is 42.6 Å². The standard InChI is InChI=1S/C27H27N3O6/c1-4-11-33-25-22-26(30-27(29-25)35-20-10-6-8-17-7-5-9-19(17)20)36-24(28-22)18-12-15(2)23(16(3)13-18)34-14-21(31)32/h6,8,10,12-13H,4-5,7,9,11,14H2,1-3H3,(H,31,32). The predicted molar refractivity (Wildman–Crippen MR) is 132 cm³/mol. The van der Waals surface area contributed by atoms with Crippen LogP contribution in [0.1, 0.15) is 42.0 Å². The molecular formula is C27H27N3O6. The predicted octanol–water partition coefficient (Wildman–Crippen LogP) is 5.43. The number of oxazole rings is 1. The number of nitrogens with zero attached hydrogens (tertiary/aromatic N) is 3. The molecule has 2 aromatic carbocycles. The fraction of sp³-hybridized carbons (Fsp3) is 0.333. The van der Waals surface area contributed by atoms with Crippen LogP contribution in [-0.4, -0.2) is 39.2 Å². The van der Waals surface area contributed by atoms with Gasteiger partial charge in [0, 0.05) is 5.56 Å². The maximum Gasteiger partial charge on any atom is 0.341 e. The molecule has 0 fully saturated rings. The molecule has 1 N–H and O–H groups in total. The summed E-state index contributed by atoms with van der Waals surface area (Å²) in [6.45, 7) is 5.75. The Morgan fingerprint density at radius 2 is 1.89 bits per heavy atom. The first-order valence-corrected chi connectivity index (χ1v) is 12.0. The largest absolute Gasteiger partial charge is 0.481 e. The Bertz CT molecular complexity index is 1420. The van der Waals surface area contributed by atoms with Crippen molar-refractivity contribution >= 4 is 17.2 Å². The number of aryl methyl sites for hydroxylation is 3. The zero-order valence-electron chi connectivity index (χ0n) is 20.5. The lowest BCUT2D eigenvalue weighted by Crippen LogP contribution is -2.10. The second-order valence-corrected chi connectivity index (χ2v) is 8.80. The molecule has 0 unspecified atom stereocenters. The minimum atomic E-state index is -1.03. The van der Waals surface area contributed by atoms with E-state index in [4.69, 9.17) is 23.7 Å². The number of rotatable bonds is 9. The Morgan fingerprint density at radius 3 is 2.64 bits per heavy atom. The van der Waals surface area contributed by atoms with E-state index in [0.29, 0.717) is 35.2 Å². The van der Waals surface area contributed by atoms with Crippen LogP contribution in [0.15, 0.2) is 34.7 Å². The molecule has 2 heterocycles. The van der Waals surface area contributed by atoms with Crippen molar-refractivity contribution in [3.8, 4) is 34.8 Å². The fourth-order valence-electron chi connectivity index (χ4n) is 4.46. The van der Waals surface area contributed by atoms with Crippen molar-refractivity contribution < 1.29 is 28.5 Å². The summed E-state index contributed by atoms with van der Waals surface area (Å²) >= 11 is 0. The maximum absolute atomic E-state index is 10.9. The summed E-state index contributed by atoms with van der Waals surface area (Å²) in [5, 5.41) is 8.93. The van der Waals surface area contributed by atoms with Crippen LogP contribution in [0, 0.1) is 13.8 Å². The van der Waals surface area contributed by atoms with E-state index in [1.807, 2.05) is 45.0 Å². The van der Waals surface area contributed by atoms with Crippen molar-refractivity contribution in [2.45, 2.75) is 46.5 Å². The quantitative estimate of drug-likeness (QED) is 0.328. The molecule has 0 radical (unpaired) electrons. The van der Waals surface area contributed by atoms with Gasteiger partial charge in [-0.1, -0.05) is 19.1 Å². The van der Waals surface area contributed by atoms with Gasteiger partial charge in [0.25, 0.3) is 11.6 Å². The van der Waals surface area contributed by atoms with Gasteiger partial charge in [0.2, 0.25) is 5.89 Å². The van der Waals surface area contributed by atoms with E-state index >= 15 is 0 Å². The molecule has 186 valence electrons. The molecule has 2 aromatic heterocycles. The smallest absolute Gasteiger partial charge is 0.341 e. The molecule has 0 aliphatic heterocycles. The van der Waals surface area contributed by atoms with Crippen LogP contribution >= 0.6 is 0 Å². The van der Waals surface area contributed by atoms with Crippen LogP contribution in [0.4, 0.5) is 0 Å². The molecule has 5 rings (SSSR count). The van der Waals surface area contributed by atoms with Crippen molar-refractivity contribution in [3.63, 3.8) is 0 Å². The number of benzene rings is 2. The van der Waals surface area contributed by atoms with E-state index in [1.165, 1.54) is 11.1 Å². The highest BCUT2D eigenvalue weighted by molar-refractivity contribution is 5.78. The maximum atomic E-state index is 10.9. The summed E-state index contributed by atoms with van der Waals surface area (Å²) in [5.74, 6) is 0.876. The van der Waals surface area contributed by atoms with Crippen molar-refractivity contribution in [2.24, 2.45) is 0 Å². The van der Waals surface area contributed by atoms with Gasteiger partial charge in [-0.15, -0.1) is 0 Å². The van der Waals surface area contributed by atoms with E-state index in [2.05, 4.69) is 21.0 Å². The summed E-state index contributed by atoms with van der Waals surface area (Å²) < 4.78 is 23.5. The minimum Gasteiger partial charge on any atom is -0.481 e. The highest BCUT2D eigenvalue weighted by Crippen LogP contribution is 2.36. The van der Waals surface area contributed by atoms with Gasteiger partial charge in [0.1, 0.15) is 11.5 Å². The van der Waals surface area contributed by atoms with E-state index in [1.54, 1.807) is 0 Å². The third-order valence-corrected chi connectivity index (χ3v) is 6.00. The highest BCUT2D eigenvalue weighted by Gasteiger charge is 2.22.